The Morgan fingerprint density at radius 1 is 1.15 bits per heavy atom. The van der Waals surface area contributed by atoms with Crippen molar-refractivity contribution in [1.82, 2.24) is 14.5 Å². The van der Waals surface area contributed by atoms with Crippen LogP contribution >= 0.6 is 0 Å². The predicted molar refractivity (Wildman–Crippen MR) is 106 cm³/mol. The maximum absolute atomic E-state index is 4.96. The molecule has 5 rings (SSSR count). The number of aryl methyl sites for hydroxylation is 1. The molecule has 1 aliphatic carbocycles. The maximum Gasteiger partial charge on any atom is 0.129 e. The first-order valence-electron chi connectivity index (χ1n) is 9.90. The molecule has 0 spiro atoms. The SMILES string of the molecule is Cc1cc(N2CCC[C@H](c3nccn3CC3CC3)C2)nc2ccccc12. The van der Waals surface area contributed by atoms with Crippen LogP contribution in [0.3, 0.4) is 0 Å². The highest BCUT2D eigenvalue weighted by Gasteiger charge is 2.28. The second-order valence-electron chi connectivity index (χ2n) is 7.98. The first kappa shape index (κ1) is 15.9. The van der Waals surface area contributed by atoms with E-state index in [1.807, 2.05) is 6.20 Å². The molecule has 0 amide bonds. The highest BCUT2D eigenvalue weighted by atomic mass is 15.2. The number of anilines is 1. The van der Waals surface area contributed by atoms with Crippen molar-refractivity contribution in [3.63, 3.8) is 0 Å². The molecule has 2 aliphatic rings. The van der Waals surface area contributed by atoms with Gasteiger partial charge in [-0.3, -0.25) is 0 Å². The minimum Gasteiger partial charge on any atom is -0.356 e. The van der Waals surface area contributed by atoms with E-state index in [2.05, 4.69) is 52.9 Å². The summed E-state index contributed by atoms with van der Waals surface area (Å²) in [5.41, 5.74) is 2.41. The van der Waals surface area contributed by atoms with Crippen LogP contribution in [0, 0.1) is 12.8 Å². The minimum atomic E-state index is 0.506. The number of aromatic nitrogens is 3. The van der Waals surface area contributed by atoms with Gasteiger partial charge in [-0.05, 0) is 56.2 Å². The molecule has 26 heavy (non-hydrogen) atoms. The number of benzene rings is 1. The number of hydrogen-bond donors (Lipinski definition) is 0. The molecule has 1 aliphatic heterocycles. The van der Waals surface area contributed by atoms with E-state index in [4.69, 9.17) is 9.97 Å². The number of nitrogens with zero attached hydrogens (tertiary/aromatic N) is 4. The van der Waals surface area contributed by atoms with E-state index in [9.17, 15) is 0 Å². The molecule has 1 saturated heterocycles. The topological polar surface area (TPSA) is 34.0 Å². The lowest BCUT2D eigenvalue weighted by atomic mass is 9.96. The van der Waals surface area contributed by atoms with Gasteiger partial charge in [0.25, 0.3) is 0 Å². The van der Waals surface area contributed by atoms with Crippen LogP contribution in [0.25, 0.3) is 10.9 Å². The second-order valence-corrected chi connectivity index (χ2v) is 7.98. The molecule has 0 unspecified atom stereocenters. The van der Waals surface area contributed by atoms with Crippen molar-refractivity contribution in [3.05, 3.63) is 54.1 Å². The smallest absolute Gasteiger partial charge is 0.129 e. The van der Waals surface area contributed by atoms with E-state index in [0.29, 0.717) is 5.92 Å². The molecule has 1 atom stereocenters. The van der Waals surface area contributed by atoms with Crippen LogP contribution in [0.4, 0.5) is 5.82 Å². The number of para-hydroxylation sites is 1. The minimum absolute atomic E-state index is 0.506. The van der Waals surface area contributed by atoms with Crippen LogP contribution in [0.1, 0.15) is 43.0 Å². The molecule has 2 fully saturated rings. The van der Waals surface area contributed by atoms with Crippen molar-refractivity contribution in [2.75, 3.05) is 18.0 Å². The quantitative estimate of drug-likeness (QED) is 0.696. The van der Waals surface area contributed by atoms with E-state index in [0.717, 1.165) is 36.9 Å². The van der Waals surface area contributed by atoms with Crippen LogP contribution in [0.15, 0.2) is 42.7 Å². The molecule has 2 aromatic heterocycles. The first-order valence-corrected chi connectivity index (χ1v) is 9.90. The van der Waals surface area contributed by atoms with Gasteiger partial charge in [-0.1, -0.05) is 18.2 Å². The van der Waals surface area contributed by atoms with E-state index in [1.54, 1.807) is 0 Å². The van der Waals surface area contributed by atoms with E-state index in [-0.39, 0.29) is 0 Å². The molecule has 0 bridgehead atoms. The Bertz CT molecular complexity index is 925. The third kappa shape index (κ3) is 2.98. The van der Waals surface area contributed by atoms with Gasteiger partial charge in [0, 0.05) is 43.3 Å². The molecule has 3 aromatic rings. The van der Waals surface area contributed by atoms with Gasteiger partial charge in [0.1, 0.15) is 11.6 Å². The molecule has 4 heteroatoms. The molecule has 0 radical (unpaired) electrons. The van der Waals surface area contributed by atoms with E-state index >= 15 is 0 Å². The highest BCUT2D eigenvalue weighted by Crippen LogP contribution is 2.34. The fraction of sp³-hybridized carbons (Fsp3) is 0.455. The summed E-state index contributed by atoms with van der Waals surface area (Å²) in [6, 6.07) is 10.7. The molecule has 3 heterocycles. The molecule has 134 valence electrons. The molecule has 1 aromatic carbocycles. The van der Waals surface area contributed by atoms with Crippen molar-refractivity contribution in [2.45, 2.75) is 45.1 Å². The van der Waals surface area contributed by atoms with Crippen LogP contribution in [-0.4, -0.2) is 27.6 Å². The molecular weight excluding hydrogens is 320 g/mol. The number of fused-ring (bicyclic) bond motifs is 1. The van der Waals surface area contributed by atoms with Gasteiger partial charge in [-0.15, -0.1) is 0 Å². The number of rotatable bonds is 4. The van der Waals surface area contributed by atoms with Gasteiger partial charge in [0.2, 0.25) is 0 Å². The zero-order valence-corrected chi connectivity index (χ0v) is 15.4. The Labute approximate surface area is 154 Å². The second kappa shape index (κ2) is 6.42. The summed E-state index contributed by atoms with van der Waals surface area (Å²) in [7, 11) is 0. The lowest BCUT2D eigenvalue weighted by molar-refractivity contribution is 0.462. The lowest BCUT2D eigenvalue weighted by Crippen LogP contribution is -2.36. The van der Waals surface area contributed by atoms with Crippen LogP contribution in [0.5, 0.6) is 0 Å². The van der Waals surface area contributed by atoms with Crippen molar-refractivity contribution >= 4 is 16.7 Å². The van der Waals surface area contributed by atoms with Crippen molar-refractivity contribution in [3.8, 4) is 0 Å². The van der Waals surface area contributed by atoms with E-state index in [1.165, 1.54) is 42.5 Å². The zero-order valence-electron chi connectivity index (χ0n) is 15.4. The summed E-state index contributed by atoms with van der Waals surface area (Å²) in [6.45, 7) is 5.45. The van der Waals surface area contributed by atoms with Crippen molar-refractivity contribution in [2.24, 2.45) is 5.92 Å². The first-order chi connectivity index (χ1) is 12.8. The van der Waals surface area contributed by atoms with Gasteiger partial charge in [-0.25, -0.2) is 9.97 Å². The zero-order chi connectivity index (χ0) is 17.5. The largest absolute Gasteiger partial charge is 0.356 e. The summed E-state index contributed by atoms with van der Waals surface area (Å²) < 4.78 is 2.41. The van der Waals surface area contributed by atoms with Crippen molar-refractivity contribution < 1.29 is 0 Å². The summed E-state index contributed by atoms with van der Waals surface area (Å²) >= 11 is 0. The number of imidazole rings is 1. The molecule has 1 saturated carbocycles. The monoisotopic (exact) mass is 346 g/mol. The van der Waals surface area contributed by atoms with E-state index < -0.39 is 0 Å². The van der Waals surface area contributed by atoms with Gasteiger partial charge >= 0.3 is 0 Å². The summed E-state index contributed by atoms with van der Waals surface area (Å²) in [6.07, 6.45) is 9.35. The van der Waals surface area contributed by atoms with Gasteiger partial charge in [0.05, 0.1) is 5.52 Å². The van der Waals surface area contributed by atoms with Crippen LogP contribution in [-0.2, 0) is 6.54 Å². The number of piperidine rings is 1. The third-order valence-electron chi connectivity index (χ3n) is 5.92. The lowest BCUT2D eigenvalue weighted by Gasteiger charge is -2.34. The van der Waals surface area contributed by atoms with Crippen LogP contribution in [0.2, 0.25) is 0 Å². The number of hydrogen-bond acceptors (Lipinski definition) is 3. The highest BCUT2D eigenvalue weighted by molar-refractivity contribution is 5.83. The Balaban J connectivity index is 1.41. The van der Waals surface area contributed by atoms with Gasteiger partial charge < -0.3 is 9.47 Å². The standard InChI is InChI=1S/C22H26N4/c1-16-13-21(24-20-7-3-2-6-19(16)20)25-11-4-5-18(15-25)22-23-10-12-26(22)14-17-8-9-17/h2-3,6-7,10,12-13,17-18H,4-5,8-9,11,14-15H2,1H3/t18-/m0/s1. The molecular formula is C22H26N4. The normalized spacial score (nSPS) is 20.7. The Kier molecular flexibility index (Phi) is 3.92. The van der Waals surface area contributed by atoms with Crippen LogP contribution < -0.4 is 4.90 Å². The molecule has 4 nitrogen and oxygen atoms in total. The Morgan fingerprint density at radius 3 is 2.92 bits per heavy atom. The molecule has 0 N–H and O–H groups in total. The Hall–Kier alpha value is -2.36. The average Bonchev–Trinajstić information content (AvgIpc) is 3.37. The summed E-state index contributed by atoms with van der Waals surface area (Å²) in [5, 5.41) is 1.25. The summed E-state index contributed by atoms with van der Waals surface area (Å²) in [4.78, 5) is 12.1. The fourth-order valence-corrected chi connectivity index (χ4v) is 4.30. The van der Waals surface area contributed by atoms with Gasteiger partial charge in [0.15, 0.2) is 0 Å². The third-order valence-corrected chi connectivity index (χ3v) is 5.92. The average molecular weight is 346 g/mol. The van der Waals surface area contributed by atoms with Gasteiger partial charge in [-0.2, -0.15) is 0 Å². The summed E-state index contributed by atoms with van der Waals surface area (Å²) in [5.74, 6) is 3.78. The van der Waals surface area contributed by atoms with Crippen molar-refractivity contribution in [1.29, 1.82) is 0 Å². The Morgan fingerprint density at radius 2 is 2.04 bits per heavy atom. The number of pyridine rings is 1. The maximum atomic E-state index is 4.96. The fourth-order valence-electron chi connectivity index (χ4n) is 4.30. The predicted octanol–water partition coefficient (Wildman–Crippen LogP) is 4.53.